The van der Waals surface area contributed by atoms with Gasteiger partial charge in [-0.1, -0.05) is 13.3 Å². The summed E-state index contributed by atoms with van der Waals surface area (Å²) in [5.41, 5.74) is -0.229. The minimum absolute atomic E-state index is 0.305. The Morgan fingerprint density at radius 1 is 1.55 bits per heavy atom. The summed E-state index contributed by atoms with van der Waals surface area (Å²) < 4.78 is 1.69. The van der Waals surface area contributed by atoms with E-state index in [1.807, 2.05) is 20.2 Å². The SMILES string of the molecule is CCCC1CC1NC(=NCC(C)(O)c1cnn(C)c1)NCC. The molecule has 2 rings (SSSR count). The Kier molecular flexibility index (Phi) is 5.45. The van der Waals surface area contributed by atoms with Crippen LogP contribution in [0.1, 0.15) is 45.6 Å². The highest BCUT2D eigenvalue weighted by atomic mass is 16.3. The Morgan fingerprint density at radius 2 is 2.32 bits per heavy atom. The number of aliphatic hydroxyl groups is 1. The molecule has 1 aromatic heterocycles. The lowest BCUT2D eigenvalue weighted by Crippen LogP contribution is -2.40. The highest BCUT2D eigenvalue weighted by Gasteiger charge is 2.36. The first kappa shape index (κ1) is 16.8. The van der Waals surface area contributed by atoms with Crippen molar-refractivity contribution in [1.29, 1.82) is 0 Å². The van der Waals surface area contributed by atoms with Crippen LogP contribution in [0.2, 0.25) is 0 Å². The molecule has 0 aromatic carbocycles. The van der Waals surface area contributed by atoms with E-state index in [1.165, 1.54) is 19.3 Å². The van der Waals surface area contributed by atoms with E-state index in [4.69, 9.17) is 0 Å². The van der Waals surface area contributed by atoms with E-state index in [0.29, 0.717) is 12.6 Å². The molecular formula is C16H29N5O. The standard InChI is InChI=1S/C16H29N5O/c1-5-7-12-8-14(12)20-15(17-6-2)18-11-16(3,22)13-9-19-21(4)10-13/h9-10,12,14,22H,5-8,11H2,1-4H3,(H2,17,18,20). The molecule has 0 spiro atoms. The Morgan fingerprint density at radius 3 is 2.91 bits per heavy atom. The van der Waals surface area contributed by atoms with Gasteiger partial charge >= 0.3 is 0 Å². The van der Waals surface area contributed by atoms with Crippen LogP contribution < -0.4 is 10.6 Å². The largest absolute Gasteiger partial charge is 0.383 e. The van der Waals surface area contributed by atoms with Crippen LogP contribution in [0.15, 0.2) is 17.4 Å². The van der Waals surface area contributed by atoms with Gasteiger partial charge < -0.3 is 15.7 Å². The zero-order chi connectivity index (χ0) is 16.2. The van der Waals surface area contributed by atoms with E-state index in [-0.39, 0.29) is 0 Å². The van der Waals surface area contributed by atoms with Crippen LogP contribution in [0.5, 0.6) is 0 Å². The number of aliphatic imine (C=N–C) groups is 1. The van der Waals surface area contributed by atoms with Gasteiger partial charge in [0.2, 0.25) is 0 Å². The number of nitrogens with one attached hydrogen (secondary N) is 2. The van der Waals surface area contributed by atoms with Gasteiger partial charge in [-0.3, -0.25) is 4.68 Å². The second-order valence-electron chi connectivity index (χ2n) is 6.41. The third-order valence-corrected chi connectivity index (χ3v) is 4.12. The molecule has 1 saturated carbocycles. The van der Waals surface area contributed by atoms with Gasteiger partial charge in [0.1, 0.15) is 5.60 Å². The molecule has 6 heteroatoms. The molecule has 1 fully saturated rings. The number of aromatic nitrogens is 2. The lowest BCUT2D eigenvalue weighted by atomic mass is 10.0. The minimum atomic E-state index is -1.01. The van der Waals surface area contributed by atoms with Gasteiger partial charge in [0.05, 0.1) is 12.7 Å². The van der Waals surface area contributed by atoms with Crippen LogP contribution in [0.25, 0.3) is 0 Å². The second kappa shape index (κ2) is 7.13. The summed E-state index contributed by atoms with van der Waals surface area (Å²) in [6.07, 6.45) is 7.23. The molecule has 6 nitrogen and oxygen atoms in total. The van der Waals surface area contributed by atoms with Crippen LogP contribution in [0, 0.1) is 5.92 Å². The molecule has 1 heterocycles. The molecule has 3 N–H and O–H groups in total. The van der Waals surface area contributed by atoms with Gasteiger partial charge in [-0.2, -0.15) is 5.10 Å². The average Bonchev–Trinajstić information content (AvgIpc) is 3.02. The third-order valence-electron chi connectivity index (χ3n) is 4.12. The van der Waals surface area contributed by atoms with Gasteiger partial charge in [-0.15, -0.1) is 0 Å². The quantitative estimate of drug-likeness (QED) is 0.525. The molecule has 3 unspecified atom stereocenters. The summed E-state index contributed by atoms with van der Waals surface area (Å²) in [7, 11) is 1.84. The fourth-order valence-corrected chi connectivity index (χ4v) is 2.63. The maximum atomic E-state index is 10.6. The van der Waals surface area contributed by atoms with E-state index in [2.05, 4.69) is 27.6 Å². The van der Waals surface area contributed by atoms with Gasteiger partial charge in [0.15, 0.2) is 5.96 Å². The molecule has 0 bridgehead atoms. The molecule has 0 saturated heterocycles. The van der Waals surface area contributed by atoms with E-state index in [1.54, 1.807) is 17.8 Å². The Labute approximate surface area is 133 Å². The van der Waals surface area contributed by atoms with Crippen LogP contribution in [-0.4, -0.2) is 40.0 Å². The predicted molar refractivity (Wildman–Crippen MR) is 88.7 cm³/mol. The van der Waals surface area contributed by atoms with Crippen molar-refractivity contribution in [2.24, 2.45) is 18.0 Å². The first-order valence-corrected chi connectivity index (χ1v) is 8.22. The van der Waals surface area contributed by atoms with Crippen LogP contribution >= 0.6 is 0 Å². The van der Waals surface area contributed by atoms with Crippen LogP contribution in [0.3, 0.4) is 0 Å². The molecule has 22 heavy (non-hydrogen) atoms. The number of guanidine groups is 1. The molecule has 0 amide bonds. The van der Waals surface area contributed by atoms with Gasteiger partial charge in [0, 0.05) is 31.4 Å². The van der Waals surface area contributed by atoms with Crippen LogP contribution in [-0.2, 0) is 12.6 Å². The zero-order valence-electron chi connectivity index (χ0n) is 14.1. The predicted octanol–water partition coefficient (Wildman–Crippen LogP) is 1.37. The van der Waals surface area contributed by atoms with Crippen molar-refractivity contribution in [2.75, 3.05) is 13.1 Å². The fraction of sp³-hybridized carbons (Fsp3) is 0.750. The number of aryl methyl sites for hydroxylation is 1. The Bertz CT molecular complexity index is 508. The molecule has 1 aliphatic rings. The average molecular weight is 307 g/mol. The van der Waals surface area contributed by atoms with Crippen molar-refractivity contribution in [2.45, 2.75) is 51.7 Å². The molecule has 0 aliphatic heterocycles. The Hall–Kier alpha value is -1.56. The molecular weight excluding hydrogens is 278 g/mol. The van der Waals surface area contributed by atoms with Crippen molar-refractivity contribution < 1.29 is 5.11 Å². The molecule has 124 valence electrons. The summed E-state index contributed by atoms with van der Waals surface area (Å²) in [6, 6.07) is 0.529. The minimum Gasteiger partial charge on any atom is -0.383 e. The maximum Gasteiger partial charge on any atom is 0.191 e. The second-order valence-corrected chi connectivity index (χ2v) is 6.41. The monoisotopic (exact) mass is 307 g/mol. The van der Waals surface area contributed by atoms with E-state index in [9.17, 15) is 5.11 Å². The fourth-order valence-electron chi connectivity index (χ4n) is 2.63. The van der Waals surface area contributed by atoms with Crippen LogP contribution in [0.4, 0.5) is 0 Å². The highest BCUT2D eigenvalue weighted by molar-refractivity contribution is 5.80. The molecule has 0 radical (unpaired) electrons. The number of hydrogen-bond acceptors (Lipinski definition) is 3. The van der Waals surface area contributed by atoms with Crippen molar-refractivity contribution in [3.63, 3.8) is 0 Å². The van der Waals surface area contributed by atoms with Crippen molar-refractivity contribution in [1.82, 2.24) is 20.4 Å². The summed E-state index contributed by atoms with van der Waals surface area (Å²) in [6.45, 7) is 7.16. The smallest absolute Gasteiger partial charge is 0.191 e. The molecule has 1 aromatic rings. The van der Waals surface area contributed by atoms with E-state index in [0.717, 1.165) is 24.0 Å². The van der Waals surface area contributed by atoms with Crippen molar-refractivity contribution in [3.8, 4) is 0 Å². The first-order valence-electron chi connectivity index (χ1n) is 8.22. The van der Waals surface area contributed by atoms with Gasteiger partial charge in [0.25, 0.3) is 0 Å². The first-order chi connectivity index (χ1) is 10.5. The highest BCUT2D eigenvalue weighted by Crippen LogP contribution is 2.34. The number of nitrogens with zero attached hydrogens (tertiary/aromatic N) is 3. The lowest BCUT2D eigenvalue weighted by Gasteiger charge is -2.20. The summed E-state index contributed by atoms with van der Waals surface area (Å²) in [5, 5.41) is 21.4. The van der Waals surface area contributed by atoms with Gasteiger partial charge in [-0.25, -0.2) is 4.99 Å². The molecule has 3 atom stereocenters. The summed E-state index contributed by atoms with van der Waals surface area (Å²) >= 11 is 0. The Balaban J connectivity index is 1.94. The molecule has 1 aliphatic carbocycles. The van der Waals surface area contributed by atoms with Crippen molar-refractivity contribution in [3.05, 3.63) is 18.0 Å². The number of rotatable bonds is 7. The normalized spacial score (nSPS) is 24.0. The van der Waals surface area contributed by atoms with E-state index >= 15 is 0 Å². The summed E-state index contributed by atoms with van der Waals surface area (Å²) in [4.78, 5) is 4.55. The third kappa shape index (κ3) is 4.47. The lowest BCUT2D eigenvalue weighted by molar-refractivity contribution is 0.0671. The summed E-state index contributed by atoms with van der Waals surface area (Å²) in [5.74, 6) is 1.56. The maximum absolute atomic E-state index is 10.6. The topological polar surface area (TPSA) is 74.5 Å². The number of hydrogen-bond donors (Lipinski definition) is 3. The van der Waals surface area contributed by atoms with Crippen molar-refractivity contribution >= 4 is 5.96 Å². The van der Waals surface area contributed by atoms with Gasteiger partial charge in [-0.05, 0) is 32.6 Å². The zero-order valence-corrected chi connectivity index (χ0v) is 14.1. The van der Waals surface area contributed by atoms with E-state index < -0.39 is 5.60 Å².